The quantitative estimate of drug-likeness (QED) is 0.482. The van der Waals surface area contributed by atoms with Gasteiger partial charge < -0.3 is 4.74 Å². The van der Waals surface area contributed by atoms with Gasteiger partial charge in [0.15, 0.2) is 0 Å². The molecule has 186 valence electrons. The molecule has 10 heteroatoms. The molecule has 0 aromatic heterocycles. The number of benzene rings is 2. The minimum absolute atomic E-state index is 0.116. The summed E-state index contributed by atoms with van der Waals surface area (Å²) in [6.45, 7) is 6.87. The normalized spacial score (nSPS) is 17.6. The molecule has 2 aromatic rings. The van der Waals surface area contributed by atoms with E-state index in [9.17, 15) is 21.6 Å². The van der Waals surface area contributed by atoms with Crippen LogP contribution < -0.4 is 0 Å². The Morgan fingerprint density at radius 3 is 1.94 bits per heavy atom. The van der Waals surface area contributed by atoms with Crippen LogP contribution in [0.1, 0.15) is 33.6 Å². The van der Waals surface area contributed by atoms with Crippen molar-refractivity contribution < 1.29 is 26.4 Å². The van der Waals surface area contributed by atoms with Crippen LogP contribution in [-0.4, -0.2) is 64.2 Å². The third kappa shape index (κ3) is 5.51. The second kappa shape index (κ2) is 11.0. The number of carbonyl (C=O) groups is 1. The zero-order chi connectivity index (χ0) is 24.9. The van der Waals surface area contributed by atoms with Gasteiger partial charge in [0.25, 0.3) is 0 Å². The van der Waals surface area contributed by atoms with E-state index in [-0.39, 0.29) is 28.9 Å². The van der Waals surface area contributed by atoms with Crippen molar-refractivity contribution in [3.63, 3.8) is 0 Å². The van der Waals surface area contributed by atoms with Crippen molar-refractivity contribution in [1.29, 1.82) is 0 Å². The molecule has 1 heterocycles. The van der Waals surface area contributed by atoms with Gasteiger partial charge in [0, 0.05) is 26.2 Å². The summed E-state index contributed by atoms with van der Waals surface area (Å²) >= 11 is 0. The van der Waals surface area contributed by atoms with Crippen LogP contribution in [0.4, 0.5) is 0 Å². The Kier molecular flexibility index (Phi) is 8.51. The standard InChI is InChI=1S/C24H32N2O6S2/c1-4-25(5-2)33(28,29)22-13-9-19(10-14-22)20-11-15-23(16-12-20)34(30,31)26-17-7-8-21(18-26)24(27)32-6-3/h9-16,21H,4-8,17-18H2,1-3H3/t21-/m1/s1. The van der Waals surface area contributed by atoms with E-state index in [1.807, 2.05) is 0 Å². The minimum Gasteiger partial charge on any atom is -0.466 e. The SMILES string of the molecule is CCOC(=O)[C@@H]1CCCN(S(=O)(=O)c2ccc(-c3ccc(S(=O)(=O)N(CC)CC)cc3)cc2)C1. The summed E-state index contributed by atoms with van der Waals surface area (Å²) < 4.78 is 59.4. The molecule has 2 aromatic carbocycles. The number of sulfonamides is 2. The zero-order valence-corrected chi connectivity index (χ0v) is 21.4. The molecule has 1 aliphatic rings. The van der Waals surface area contributed by atoms with Crippen molar-refractivity contribution in [3.8, 4) is 11.1 Å². The van der Waals surface area contributed by atoms with Gasteiger partial charge in [-0.1, -0.05) is 38.1 Å². The van der Waals surface area contributed by atoms with Crippen LogP contribution in [-0.2, 0) is 29.6 Å². The van der Waals surface area contributed by atoms with Crippen LogP contribution in [0.3, 0.4) is 0 Å². The first kappa shape index (κ1) is 26.3. The van der Waals surface area contributed by atoms with Crippen molar-refractivity contribution in [1.82, 2.24) is 8.61 Å². The van der Waals surface area contributed by atoms with E-state index in [0.717, 1.165) is 11.1 Å². The Labute approximate surface area is 202 Å². The van der Waals surface area contributed by atoms with E-state index in [1.54, 1.807) is 69.3 Å². The molecule has 1 fully saturated rings. The van der Waals surface area contributed by atoms with E-state index < -0.39 is 26.0 Å². The molecule has 3 rings (SSSR count). The molecule has 1 atom stereocenters. The number of rotatable bonds is 9. The summed E-state index contributed by atoms with van der Waals surface area (Å²) in [4.78, 5) is 12.5. The van der Waals surface area contributed by atoms with Gasteiger partial charge in [-0.15, -0.1) is 0 Å². The number of hydrogen-bond acceptors (Lipinski definition) is 6. The largest absolute Gasteiger partial charge is 0.466 e. The Hall–Kier alpha value is -2.27. The highest BCUT2D eigenvalue weighted by Gasteiger charge is 2.34. The molecule has 34 heavy (non-hydrogen) atoms. The van der Waals surface area contributed by atoms with Crippen molar-refractivity contribution >= 4 is 26.0 Å². The Bertz CT molecular complexity index is 1190. The van der Waals surface area contributed by atoms with E-state index >= 15 is 0 Å². The number of carbonyl (C=O) groups excluding carboxylic acids is 1. The van der Waals surface area contributed by atoms with E-state index in [1.165, 1.54) is 8.61 Å². The van der Waals surface area contributed by atoms with Gasteiger partial charge in [0.1, 0.15) is 0 Å². The molecule has 1 aliphatic heterocycles. The van der Waals surface area contributed by atoms with Crippen LogP contribution in [0.25, 0.3) is 11.1 Å². The van der Waals surface area contributed by atoms with Gasteiger partial charge in [0.2, 0.25) is 20.0 Å². The number of nitrogens with zero attached hydrogens (tertiary/aromatic N) is 2. The lowest BCUT2D eigenvalue weighted by molar-refractivity contribution is -0.149. The molecule has 0 spiro atoms. The number of piperidine rings is 1. The molecule has 0 aliphatic carbocycles. The van der Waals surface area contributed by atoms with Gasteiger partial charge in [-0.2, -0.15) is 8.61 Å². The zero-order valence-electron chi connectivity index (χ0n) is 19.8. The fourth-order valence-electron chi connectivity index (χ4n) is 4.11. The molecule has 1 saturated heterocycles. The summed E-state index contributed by atoms with van der Waals surface area (Å²) in [5, 5.41) is 0. The van der Waals surface area contributed by atoms with E-state index in [2.05, 4.69) is 0 Å². The summed E-state index contributed by atoms with van der Waals surface area (Å²) in [5.41, 5.74) is 1.55. The Balaban J connectivity index is 1.77. The van der Waals surface area contributed by atoms with E-state index in [4.69, 9.17) is 4.74 Å². The molecule has 0 N–H and O–H groups in total. The number of hydrogen-bond donors (Lipinski definition) is 0. The second-order valence-electron chi connectivity index (χ2n) is 8.09. The predicted molar refractivity (Wildman–Crippen MR) is 130 cm³/mol. The van der Waals surface area contributed by atoms with E-state index in [0.29, 0.717) is 32.5 Å². The van der Waals surface area contributed by atoms with Crippen molar-refractivity contribution in [3.05, 3.63) is 48.5 Å². The lowest BCUT2D eigenvalue weighted by Gasteiger charge is -2.30. The monoisotopic (exact) mass is 508 g/mol. The minimum atomic E-state index is -3.74. The lowest BCUT2D eigenvalue weighted by Crippen LogP contribution is -2.42. The predicted octanol–water partition coefficient (Wildman–Crippen LogP) is 3.35. The Morgan fingerprint density at radius 1 is 0.912 bits per heavy atom. The molecular weight excluding hydrogens is 476 g/mol. The maximum absolute atomic E-state index is 13.1. The average molecular weight is 509 g/mol. The molecule has 0 radical (unpaired) electrons. The topological polar surface area (TPSA) is 101 Å². The summed E-state index contributed by atoms with van der Waals surface area (Å²) in [5.74, 6) is -0.807. The third-order valence-corrected chi connectivity index (χ3v) is 9.97. The van der Waals surface area contributed by atoms with Crippen LogP contribution in [0.2, 0.25) is 0 Å². The maximum atomic E-state index is 13.1. The number of ether oxygens (including phenoxy) is 1. The fourth-order valence-corrected chi connectivity index (χ4v) is 7.10. The van der Waals surface area contributed by atoms with Crippen LogP contribution in [0.15, 0.2) is 58.3 Å². The van der Waals surface area contributed by atoms with Crippen LogP contribution in [0.5, 0.6) is 0 Å². The highest BCUT2D eigenvalue weighted by molar-refractivity contribution is 7.89. The molecule has 0 saturated carbocycles. The van der Waals surface area contributed by atoms with Crippen LogP contribution >= 0.6 is 0 Å². The summed E-state index contributed by atoms with van der Waals surface area (Å²) in [7, 11) is -7.28. The smallest absolute Gasteiger partial charge is 0.310 e. The fraction of sp³-hybridized carbons (Fsp3) is 0.458. The summed E-state index contributed by atoms with van der Waals surface area (Å²) in [6, 6.07) is 13.1. The average Bonchev–Trinajstić information content (AvgIpc) is 2.85. The molecule has 0 amide bonds. The highest BCUT2D eigenvalue weighted by atomic mass is 32.2. The van der Waals surface area contributed by atoms with Gasteiger partial charge in [-0.05, 0) is 55.2 Å². The van der Waals surface area contributed by atoms with Crippen molar-refractivity contribution in [2.45, 2.75) is 43.4 Å². The maximum Gasteiger partial charge on any atom is 0.310 e. The first-order chi connectivity index (χ1) is 16.1. The van der Waals surface area contributed by atoms with Crippen molar-refractivity contribution in [2.75, 3.05) is 32.8 Å². The Morgan fingerprint density at radius 2 is 1.44 bits per heavy atom. The molecule has 0 unspecified atom stereocenters. The molecule has 8 nitrogen and oxygen atoms in total. The van der Waals surface area contributed by atoms with Crippen LogP contribution in [0, 0.1) is 5.92 Å². The number of esters is 1. The summed E-state index contributed by atoms with van der Waals surface area (Å²) in [6.07, 6.45) is 1.22. The molecular formula is C24H32N2O6S2. The second-order valence-corrected chi connectivity index (χ2v) is 12.0. The first-order valence-electron chi connectivity index (χ1n) is 11.5. The van der Waals surface area contributed by atoms with Gasteiger partial charge in [-0.3, -0.25) is 4.79 Å². The highest BCUT2D eigenvalue weighted by Crippen LogP contribution is 2.28. The third-order valence-electron chi connectivity index (χ3n) is 6.03. The van der Waals surface area contributed by atoms with Gasteiger partial charge in [-0.25, -0.2) is 16.8 Å². The molecule has 0 bridgehead atoms. The van der Waals surface area contributed by atoms with Gasteiger partial charge in [0.05, 0.1) is 22.3 Å². The first-order valence-corrected chi connectivity index (χ1v) is 14.4. The lowest BCUT2D eigenvalue weighted by atomic mass is 10.0. The van der Waals surface area contributed by atoms with Gasteiger partial charge >= 0.3 is 5.97 Å². The van der Waals surface area contributed by atoms with Crippen molar-refractivity contribution in [2.24, 2.45) is 5.92 Å².